The first-order valence-corrected chi connectivity index (χ1v) is 23.3. The van der Waals surface area contributed by atoms with Crippen molar-refractivity contribution < 1.29 is 57.5 Å². The van der Waals surface area contributed by atoms with Crippen LogP contribution in [0.2, 0.25) is 0 Å². The van der Waals surface area contributed by atoms with E-state index in [1.54, 1.807) is 79.1 Å². The number of benzene rings is 1. The first kappa shape index (κ1) is 51.6. The van der Waals surface area contributed by atoms with Crippen molar-refractivity contribution in [3.8, 4) is 11.4 Å². The van der Waals surface area contributed by atoms with E-state index in [0.717, 1.165) is 11.1 Å². The molecule has 0 spiro atoms. The Morgan fingerprint density at radius 1 is 0.985 bits per heavy atom. The van der Waals surface area contributed by atoms with E-state index in [2.05, 4.69) is 25.6 Å². The number of ketones is 1. The fourth-order valence-electron chi connectivity index (χ4n) is 9.89. The first-order valence-electron chi connectivity index (χ1n) is 23.3. The largest absolute Gasteiger partial charge is 0.458 e. The lowest BCUT2D eigenvalue weighted by Gasteiger charge is -2.48. The van der Waals surface area contributed by atoms with Gasteiger partial charge in [0.25, 0.3) is 0 Å². The molecule has 5 heterocycles. The number of cyclic esters (lactones) is 1. The molecule has 1 aromatic carbocycles. The van der Waals surface area contributed by atoms with Gasteiger partial charge in [-0.15, -0.1) is 0 Å². The van der Waals surface area contributed by atoms with Gasteiger partial charge in [0.1, 0.15) is 35.8 Å². The van der Waals surface area contributed by atoms with Crippen molar-refractivity contribution in [1.82, 2.24) is 30.5 Å². The summed E-state index contributed by atoms with van der Waals surface area (Å²) in [6.07, 6.45) is 1.91. The van der Waals surface area contributed by atoms with E-state index in [9.17, 15) is 29.1 Å². The van der Waals surface area contributed by atoms with Gasteiger partial charge in [-0.1, -0.05) is 64.1 Å². The van der Waals surface area contributed by atoms with Crippen LogP contribution in [0.3, 0.4) is 0 Å². The molecule has 0 radical (unpaired) electrons. The smallest absolute Gasteiger partial charge is 0.408 e. The SMILES string of the molecule is CC[C@H]1OC(=O)[C@H](C)[C@@H](OC(=O)c2cccnc2)[C@H](C)[C@@H](O[C@@H]2O[C@H](C)C[C@H](N(C)C)[C@H]2O)[C@](C)(OC(=O)NCC=Cc2ccc(-c3ncccn3)cc2)C[C@@H](C)C(=O)[C@H](C)[C@H]2NC(=O)O[C@@]21C. The fourth-order valence-corrected chi connectivity index (χ4v) is 9.89. The number of aromatic nitrogens is 3. The fraction of sp³-hybridized carbons (Fsp3) is 0.560. The van der Waals surface area contributed by atoms with Crippen molar-refractivity contribution in [2.75, 3.05) is 20.6 Å². The van der Waals surface area contributed by atoms with Gasteiger partial charge in [0.15, 0.2) is 17.7 Å². The molecule has 3 saturated heterocycles. The predicted octanol–water partition coefficient (Wildman–Crippen LogP) is 5.78. The Hall–Kier alpha value is -5.82. The van der Waals surface area contributed by atoms with Crippen LogP contribution in [0.15, 0.2) is 73.3 Å². The first-order chi connectivity index (χ1) is 32.3. The number of alkyl carbamates (subject to hydrolysis) is 2. The molecule has 18 nitrogen and oxygen atoms in total. The summed E-state index contributed by atoms with van der Waals surface area (Å²) in [4.78, 5) is 85.0. The van der Waals surface area contributed by atoms with Crippen molar-refractivity contribution in [3.63, 3.8) is 0 Å². The minimum Gasteiger partial charge on any atom is -0.458 e. The summed E-state index contributed by atoms with van der Waals surface area (Å²) < 4.78 is 37.9. The summed E-state index contributed by atoms with van der Waals surface area (Å²) >= 11 is 0. The molecule has 3 fully saturated rings. The lowest BCUT2D eigenvalue weighted by atomic mass is 9.73. The van der Waals surface area contributed by atoms with Gasteiger partial charge >= 0.3 is 24.1 Å². The number of likely N-dealkylation sites (N-methyl/N-ethyl adjacent to an activating group) is 1. The molecule has 0 bridgehead atoms. The number of carbonyl (C=O) groups excluding carboxylic acids is 5. The number of hydrogen-bond acceptors (Lipinski definition) is 16. The number of hydrogen-bond donors (Lipinski definition) is 3. The van der Waals surface area contributed by atoms with Gasteiger partial charge in [-0.05, 0) is 84.8 Å². The number of esters is 2. The van der Waals surface area contributed by atoms with E-state index in [1.807, 2.05) is 56.3 Å². The molecule has 3 aromatic rings. The van der Waals surface area contributed by atoms with Gasteiger partial charge in [0.05, 0.1) is 23.6 Å². The maximum Gasteiger partial charge on any atom is 0.408 e. The summed E-state index contributed by atoms with van der Waals surface area (Å²) in [5, 5.41) is 17.4. The summed E-state index contributed by atoms with van der Waals surface area (Å²) in [6, 6.07) is 11.0. The number of amides is 2. The number of ether oxygens (including phenoxy) is 6. The van der Waals surface area contributed by atoms with E-state index < -0.39 is 108 Å². The average molecular weight is 943 g/mol. The standard InChI is InChI=1S/C50H66N6O12/c1-11-37-50(8)41(55-48(62)68-50)30(4)38(57)28(2)26-49(7,67-47(61)54-22-12-15-33-17-19-34(20-18-33)43-52-23-14-24-53-43)42(66-46-39(58)36(56(9)10)25-29(3)63-46)31(5)40(32(6)44(59)64-37)65-45(60)35-16-13-21-51-27-35/h12-21,23-24,27-32,36-37,39-42,46,58H,11,22,25-26H2,1-10H3,(H,54,61)(H,55,62)/t28-,29-,30+,31+,32-,36+,37-,39-,40+,41-,42-,46+,49-,50-/m1/s1. The Morgan fingerprint density at radius 3 is 2.34 bits per heavy atom. The number of Topliss-reactive ketones (excluding diaryl/α,β-unsaturated/α-hetero) is 1. The van der Waals surface area contributed by atoms with Crippen molar-refractivity contribution in [2.45, 2.75) is 135 Å². The van der Waals surface area contributed by atoms with E-state index in [4.69, 9.17) is 28.4 Å². The molecule has 14 atom stereocenters. The Bertz CT molecular complexity index is 2250. The molecule has 368 valence electrons. The normalized spacial score (nSPS) is 33.7. The molecule has 3 aliphatic heterocycles. The monoisotopic (exact) mass is 942 g/mol. The molecule has 0 unspecified atom stereocenters. The van der Waals surface area contributed by atoms with Crippen LogP contribution in [0.1, 0.15) is 90.6 Å². The number of aliphatic hydroxyl groups is 1. The van der Waals surface area contributed by atoms with Crippen LogP contribution in [-0.4, -0.2) is 136 Å². The van der Waals surface area contributed by atoms with Crippen molar-refractivity contribution in [2.24, 2.45) is 23.7 Å². The van der Waals surface area contributed by atoms with Crippen molar-refractivity contribution >= 4 is 36.0 Å². The highest BCUT2D eigenvalue weighted by molar-refractivity contribution is 5.89. The summed E-state index contributed by atoms with van der Waals surface area (Å²) in [6.45, 7) is 13.4. The molecule has 0 saturated carbocycles. The highest BCUT2D eigenvalue weighted by atomic mass is 16.7. The second-order valence-corrected chi connectivity index (χ2v) is 18.9. The number of nitrogens with one attached hydrogen (secondary N) is 2. The van der Waals surface area contributed by atoms with Crippen LogP contribution in [0.4, 0.5) is 9.59 Å². The minimum absolute atomic E-state index is 0.0321. The lowest BCUT2D eigenvalue weighted by molar-refractivity contribution is -0.298. The Morgan fingerprint density at radius 2 is 1.69 bits per heavy atom. The second kappa shape index (κ2) is 22.1. The van der Waals surface area contributed by atoms with E-state index >= 15 is 0 Å². The number of carbonyl (C=O) groups is 5. The molecule has 6 rings (SSSR count). The zero-order valence-corrected chi connectivity index (χ0v) is 40.5. The number of aliphatic hydroxyl groups excluding tert-OH is 1. The Kier molecular flexibility index (Phi) is 16.7. The van der Waals surface area contributed by atoms with Crippen molar-refractivity contribution in [3.05, 3.63) is 84.5 Å². The maximum atomic E-state index is 14.7. The maximum absolute atomic E-state index is 14.7. The number of fused-ring (bicyclic) bond motifs is 1. The van der Waals surface area contributed by atoms with Crippen LogP contribution in [0, 0.1) is 23.7 Å². The molecule has 0 aliphatic carbocycles. The van der Waals surface area contributed by atoms with Gasteiger partial charge in [-0.3, -0.25) is 14.6 Å². The number of rotatable bonds is 11. The van der Waals surface area contributed by atoms with Crippen LogP contribution >= 0.6 is 0 Å². The molecule has 68 heavy (non-hydrogen) atoms. The highest BCUT2D eigenvalue weighted by Crippen LogP contribution is 2.42. The van der Waals surface area contributed by atoms with E-state index in [-0.39, 0.29) is 30.7 Å². The third kappa shape index (κ3) is 11.7. The summed E-state index contributed by atoms with van der Waals surface area (Å²) in [5.41, 5.74) is -1.49. The van der Waals surface area contributed by atoms with Crippen molar-refractivity contribution in [1.29, 1.82) is 0 Å². The van der Waals surface area contributed by atoms with Crippen LogP contribution < -0.4 is 10.6 Å². The molecule has 18 heteroatoms. The van der Waals surface area contributed by atoms with Gasteiger partial charge < -0.3 is 49.1 Å². The van der Waals surface area contributed by atoms with Crippen LogP contribution in [-0.2, 0) is 38.0 Å². The molecular weight excluding hydrogens is 877 g/mol. The second-order valence-electron chi connectivity index (χ2n) is 18.9. The van der Waals surface area contributed by atoms with Crippen LogP contribution in [0.5, 0.6) is 0 Å². The summed E-state index contributed by atoms with van der Waals surface area (Å²) in [7, 11) is 3.66. The zero-order valence-electron chi connectivity index (χ0n) is 40.5. The van der Waals surface area contributed by atoms with Crippen LogP contribution in [0.25, 0.3) is 17.5 Å². The lowest BCUT2D eigenvalue weighted by Crippen LogP contribution is -2.61. The third-order valence-electron chi connectivity index (χ3n) is 13.5. The topological polar surface area (TPSA) is 227 Å². The van der Waals surface area contributed by atoms with E-state index in [1.165, 1.54) is 18.5 Å². The molecule has 2 aromatic heterocycles. The highest BCUT2D eigenvalue weighted by Gasteiger charge is 2.58. The average Bonchev–Trinajstić information content (AvgIpc) is 3.64. The van der Waals surface area contributed by atoms with Gasteiger partial charge in [-0.25, -0.2) is 24.4 Å². The predicted molar refractivity (Wildman–Crippen MR) is 248 cm³/mol. The summed E-state index contributed by atoms with van der Waals surface area (Å²) in [5.74, 6) is -5.38. The quantitative estimate of drug-likeness (QED) is 0.153. The van der Waals surface area contributed by atoms with E-state index in [0.29, 0.717) is 12.2 Å². The molecule has 2 amide bonds. The molecule has 3 N–H and O–H groups in total. The van der Waals surface area contributed by atoms with Gasteiger partial charge in [-0.2, -0.15) is 0 Å². The Balaban J connectivity index is 1.41. The number of nitrogens with zero attached hydrogens (tertiary/aromatic N) is 4. The molecular formula is C50H66N6O12. The Labute approximate surface area is 397 Å². The zero-order chi connectivity index (χ0) is 49.5. The third-order valence-corrected chi connectivity index (χ3v) is 13.5. The minimum atomic E-state index is -1.79. The van der Waals surface area contributed by atoms with Gasteiger partial charge in [0, 0.05) is 60.7 Å². The number of pyridine rings is 1. The van der Waals surface area contributed by atoms with Gasteiger partial charge in [0.2, 0.25) is 0 Å². The molecule has 3 aliphatic rings.